The second-order valence-corrected chi connectivity index (χ2v) is 7.42. The molecular formula is C20H24FN3O3. The van der Waals surface area contributed by atoms with Crippen molar-refractivity contribution in [2.24, 2.45) is 5.92 Å². The zero-order valence-electron chi connectivity index (χ0n) is 15.8. The minimum absolute atomic E-state index is 0.0158. The van der Waals surface area contributed by atoms with E-state index in [1.165, 1.54) is 18.2 Å². The molecule has 1 N–H and O–H groups in total. The summed E-state index contributed by atoms with van der Waals surface area (Å²) in [6.45, 7) is 7.26. The van der Waals surface area contributed by atoms with Crippen LogP contribution in [0.25, 0.3) is 0 Å². The highest BCUT2D eigenvalue weighted by Crippen LogP contribution is 2.25. The lowest BCUT2D eigenvalue weighted by molar-refractivity contribution is 0.0674. The fourth-order valence-corrected chi connectivity index (χ4v) is 3.44. The van der Waals surface area contributed by atoms with Gasteiger partial charge in [0.05, 0.1) is 6.54 Å². The molecule has 1 aliphatic heterocycles. The Hall–Kier alpha value is -2.70. The average Bonchev–Trinajstić information content (AvgIpc) is 2.97. The van der Waals surface area contributed by atoms with Crippen molar-refractivity contribution < 1.29 is 19.1 Å². The first-order chi connectivity index (χ1) is 12.8. The Morgan fingerprint density at radius 1 is 1.33 bits per heavy atom. The summed E-state index contributed by atoms with van der Waals surface area (Å²) >= 11 is 0. The van der Waals surface area contributed by atoms with E-state index in [2.05, 4.69) is 18.9 Å². The quantitative estimate of drug-likeness (QED) is 0.873. The van der Waals surface area contributed by atoms with Crippen LogP contribution in [0.4, 0.5) is 4.39 Å². The van der Waals surface area contributed by atoms with Crippen LogP contribution in [-0.2, 0) is 19.5 Å². The zero-order chi connectivity index (χ0) is 19.7. The highest BCUT2D eigenvalue weighted by atomic mass is 19.1. The fraction of sp³-hybridized carbons (Fsp3) is 0.450. The fourth-order valence-electron chi connectivity index (χ4n) is 3.44. The number of carbonyl (C=O) groups is 2. The number of carbonyl (C=O) groups excluding carboxylic acids is 1. The summed E-state index contributed by atoms with van der Waals surface area (Å²) in [5.41, 5.74) is 2.52. The van der Waals surface area contributed by atoms with E-state index in [-0.39, 0.29) is 24.0 Å². The summed E-state index contributed by atoms with van der Waals surface area (Å²) in [7, 11) is 0. The number of hydrogen-bond acceptors (Lipinski definition) is 3. The van der Waals surface area contributed by atoms with Crippen molar-refractivity contribution in [2.45, 2.75) is 46.7 Å². The van der Waals surface area contributed by atoms with Crippen molar-refractivity contribution in [2.75, 3.05) is 6.54 Å². The number of hydrogen-bond donors (Lipinski definition) is 1. The van der Waals surface area contributed by atoms with Crippen LogP contribution in [0.3, 0.4) is 0 Å². The van der Waals surface area contributed by atoms with Gasteiger partial charge in [-0.15, -0.1) is 0 Å². The Bertz CT molecular complexity index is 889. The molecule has 3 rings (SSSR count). The molecule has 0 radical (unpaired) electrons. The monoisotopic (exact) mass is 373 g/mol. The molecule has 2 heterocycles. The largest absolute Gasteiger partial charge is 0.476 e. The van der Waals surface area contributed by atoms with Crippen molar-refractivity contribution in [1.82, 2.24) is 14.7 Å². The smallest absolute Gasteiger partial charge is 0.356 e. The molecule has 0 saturated heterocycles. The van der Waals surface area contributed by atoms with E-state index in [4.69, 9.17) is 0 Å². The molecule has 6 nitrogen and oxygen atoms in total. The minimum Gasteiger partial charge on any atom is -0.476 e. The van der Waals surface area contributed by atoms with Gasteiger partial charge < -0.3 is 10.0 Å². The summed E-state index contributed by atoms with van der Waals surface area (Å²) in [5.74, 6) is -1.20. The molecule has 0 saturated carbocycles. The number of fused-ring (bicyclic) bond motifs is 1. The number of aromatic nitrogens is 2. The van der Waals surface area contributed by atoms with Crippen molar-refractivity contribution in [1.29, 1.82) is 0 Å². The van der Waals surface area contributed by atoms with Gasteiger partial charge in [-0.3, -0.25) is 9.48 Å². The number of halogens is 1. The van der Waals surface area contributed by atoms with Crippen molar-refractivity contribution in [3.63, 3.8) is 0 Å². The van der Waals surface area contributed by atoms with E-state index in [0.29, 0.717) is 42.1 Å². The number of rotatable bonds is 5. The first-order valence-electron chi connectivity index (χ1n) is 9.15. The Kier molecular flexibility index (Phi) is 5.30. The summed E-state index contributed by atoms with van der Waals surface area (Å²) in [6.07, 6.45) is 1.46. The van der Waals surface area contributed by atoms with Gasteiger partial charge in [0, 0.05) is 36.3 Å². The third kappa shape index (κ3) is 3.86. The summed E-state index contributed by atoms with van der Waals surface area (Å²) in [6, 6.07) is 4.07. The summed E-state index contributed by atoms with van der Waals surface area (Å²) in [4.78, 5) is 26.1. The van der Waals surface area contributed by atoms with Gasteiger partial charge in [-0.05, 0) is 43.0 Å². The predicted molar refractivity (Wildman–Crippen MR) is 98.2 cm³/mol. The van der Waals surface area contributed by atoms with Crippen molar-refractivity contribution in [3.8, 4) is 0 Å². The molecule has 2 aromatic rings. The maximum absolute atomic E-state index is 13.3. The third-order valence-corrected chi connectivity index (χ3v) is 4.96. The van der Waals surface area contributed by atoms with Gasteiger partial charge in [0.15, 0.2) is 5.69 Å². The van der Waals surface area contributed by atoms with E-state index in [0.717, 1.165) is 12.1 Å². The number of benzene rings is 1. The molecular weight excluding hydrogens is 349 g/mol. The molecule has 0 aliphatic carbocycles. The summed E-state index contributed by atoms with van der Waals surface area (Å²) < 4.78 is 15.1. The second kappa shape index (κ2) is 7.50. The highest BCUT2D eigenvalue weighted by Gasteiger charge is 2.30. The van der Waals surface area contributed by atoms with Crippen LogP contribution >= 0.6 is 0 Å². The van der Waals surface area contributed by atoms with Crippen LogP contribution in [0.15, 0.2) is 18.2 Å². The van der Waals surface area contributed by atoms with Gasteiger partial charge in [-0.1, -0.05) is 13.8 Å². The van der Waals surface area contributed by atoms with Crippen LogP contribution in [0, 0.1) is 18.7 Å². The molecule has 144 valence electrons. The highest BCUT2D eigenvalue weighted by molar-refractivity contribution is 5.96. The Balaban J connectivity index is 1.88. The molecule has 0 bridgehead atoms. The van der Waals surface area contributed by atoms with Gasteiger partial charge in [0.25, 0.3) is 5.91 Å². The minimum atomic E-state index is -1.08. The standard InChI is InChI=1S/C20H24FN3O3/c1-12(2)6-9-24-17-7-8-23(11-16(17)18(22-24)20(26)27)19(25)15-5-4-14(21)10-13(15)3/h4-5,10,12H,6-9,11H2,1-3H3,(H,26,27). The number of amides is 1. The number of carboxylic acids is 1. The summed E-state index contributed by atoms with van der Waals surface area (Å²) in [5, 5.41) is 13.8. The molecule has 0 spiro atoms. The Labute approximate surface area is 157 Å². The van der Waals surface area contributed by atoms with E-state index >= 15 is 0 Å². The molecule has 27 heavy (non-hydrogen) atoms. The SMILES string of the molecule is Cc1cc(F)ccc1C(=O)N1CCc2c(c(C(=O)O)nn2CCC(C)C)C1. The van der Waals surface area contributed by atoms with E-state index in [1.807, 2.05) is 0 Å². The zero-order valence-corrected chi connectivity index (χ0v) is 15.8. The second-order valence-electron chi connectivity index (χ2n) is 7.42. The van der Waals surface area contributed by atoms with Crippen molar-refractivity contribution >= 4 is 11.9 Å². The molecule has 1 aromatic carbocycles. The first-order valence-corrected chi connectivity index (χ1v) is 9.15. The van der Waals surface area contributed by atoms with Crippen LogP contribution in [-0.4, -0.2) is 38.2 Å². The molecule has 0 fully saturated rings. The maximum Gasteiger partial charge on any atom is 0.356 e. The normalized spacial score (nSPS) is 13.7. The van der Waals surface area contributed by atoms with Gasteiger partial charge >= 0.3 is 5.97 Å². The van der Waals surface area contributed by atoms with Crippen LogP contribution in [0.2, 0.25) is 0 Å². The first kappa shape index (κ1) is 19.1. The molecule has 0 unspecified atom stereocenters. The Morgan fingerprint density at radius 3 is 2.70 bits per heavy atom. The lowest BCUT2D eigenvalue weighted by Gasteiger charge is -2.28. The van der Waals surface area contributed by atoms with Gasteiger partial charge in [0.2, 0.25) is 0 Å². The molecule has 0 atom stereocenters. The maximum atomic E-state index is 13.3. The number of carboxylic acid groups (broad SMARTS) is 1. The van der Waals surface area contributed by atoms with Crippen molar-refractivity contribution in [3.05, 3.63) is 52.1 Å². The van der Waals surface area contributed by atoms with Crippen LogP contribution < -0.4 is 0 Å². The molecule has 1 amide bonds. The van der Waals surface area contributed by atoms with Crippen LogP contribution in [0.5, 0.6) is 0 Å². The molecule has 1 aliphatic rings. The predicted octanol–water partition coefficient (Wildman–Crippen LogP) is 3.27. The Morgan fingerprint density at radius 2 is 2.07 bits per heavy atom. The van der Waals surface area contributed by atoms with Crippen LogP contribution in [0.1, 0.15) is 57.9 Å². The van der Waals surface area contributed by atoms with Gasteiger partial charge in [0.1, 0.15) is 5.82 Å². The molecule has 1 aromatic heterocycles. The number of aromatic carboxylic acids is 1. The lowest BCUT2D eigenvalue weighted by Crippen LogP contribution is -2.37. The topological polar surface area (TPSA) is 75.4 Å². The van der Waals surface area contributed by atoms with E-state index in [1.54, 1.807) is 16.5 Å². The molecule has 7 heteroatoms. The average molecular weight is 373 g/mol. The van der Waals surface area contributed by atoms with Gasteiger partial charge in [-0.2, -0.15) is 5.10 Å². The van der Waals surface area contributed by atoms with E-state index < -0.39 is 5.97 Å². The van der Waals surface area contributed by atoms with Gasteiger partial charge in [-0.25, -0.2) is 9.18 Å². The van der Waals surface area contributed by atoms with E-state index in [9.17, 15) is 19.1 Å². The number of aryl methyl sites for hydroxylation is 2. The lowest BCUT2D eigenvalue weighted by atomic mass is 10.0. The third-order valence-electron chi connectivity index (χ3n) is 4.96. The number of nitrogens with zero attached hydrogens (tertiary/aromatic N) is 3.